The van der Waals surface area contributed by atoms with E-state index in [0.717, 1.165) is 5.06 Å². The minimum Gasteiger partial charge on any atom is -0.483 e. The molecule has 9 nitrogen and oxygen atoms in total. The molecule has 1 aromatic heterocycles. The minimum atomic E-state index is -1.22. The second kappa shape index (κ2) is 11.4. The van der Waals surface area contributed by atoms with Gasteiger partial charge in [-0.05, 0) is 25.3 Å². The summed E-state index contributed by atoms with van der Waals surface area (Å²) in [7, 11) is 0. The smallest absolute Gasteiger partial charge is 0.274 e. The van der Waals surface area contributed by atoms with E-state index in [1.165, 1.54) is 10.8 Å². The first-order chi connectivity index (χ1) is 21.0. The van der Waals surface area contributed by atoms with Gasteiger partial charge in [0.25, 0.3) is 11.8 Å². The van der Waals surface area contributed by atoms with Gasteiger partial charge < -0.3 is 19.9 Å². The van der Waals surface area contributed by atoms with Gasteiger partial charge in [-0.1, -0.05) is 30.3 Å². The van der Waals surface area contributed by atoms with E-state index in [-0.39, 0.29) is 37.1 Å². The third-order valence-corrected chi connectivity index (χ3v) is 8.86. The van der Waals surface area contributed by atoms with E-state index in [1.807, 2.05) is 13.0 Å². The number of rotatable bonds is 7. The Morgan fingerprint density at radius 2 is 1.84 bits per heavy atom. The Labute approximate surface area is 249 Å². The fraction of sp³-hybridized carbons (Fsp3) is 0.387. The van der Waals surface area contributed by atoms with Crippen molar-refractivity contribution in [3.8, 4) is 5.75 Å². The number of hydrogen-bond acceptors (Lipinski definition) is 6. The second-order valence-electron chi connectivity index (χ2n) is 11.5. The second-order valence-corrected chi connectivity index (χ2v) is 11.5. The highest BCUT2D eigenvalue weighted by Gasteiger charge is 2.56. The van der Waals surface area contributed by atoms with E-state index in [4.69, 9.17) is 15.3 Å². The van der Waals surface area contributed by atoms with Crippen LogP contribution in [0.2, 0.25) is 0 Å². The van der Waals surface area contributed by atoms with E-state index in [1.54, 1.807) is 29.2 Å². The van der Waals surface area contributed by atoms with Gasteiger partial charge in [-0.15, -0.1) is 0 Å². The number of carbonyl (C=O) groups excluding carboxylic acids is 2. The van der Waals surface area contributed by atoms with Crippen LogP contribution in [0.4, 0.5) is 17.6 Å². The van der Waals surface area contributed by atoms with Crippen LogP contribution >= 0.6 is 0 Å². The highest BCUT2D eigenvalue weighted by Crippen LogP contribution is 2.49. The van der Waals surface area contributed by atoms with Crippen LogP contribution < -0.4 is 15.9 Å². The highest BCUT2D eigenvalue weighted by atomic mass is 19.1. The summed E-state index contributed by atoms with van der Waals surface area (Å²) < 4.78 is 64.6. The summed E-state index contributed by atoms with van der Waals surface area (Å²) in [4.78, 5) is 47.9. The lowest BCUT2D eigenvalue weighted by molar-refractivity contribution is -0.228. The fourth-order valence-corrected chi connectivity index (χ4v) is 6.53. The molecular formula is C31H30F4N4O5. The summed E-state index contributed by atoms with van der Waals surface area (Å²) in [5, 5.41) is 1.15. The maximum atomic E-state index is 14.6. The number of carbonyl (C=O) groups is 2. The van der Waals surface area contributed by atoms with Crippen molar-refractivity contribution in [2.24, 2.45) is 5.73 Å². The quantitative estimate of drug-likeness (QED) is 0.403. The predicted molar refractivity (Wildman–Crippen MR) is 149 cm³/mol. The first kappa shape index (κ1) is 29.8. The van der Waals surface area contributed by atoms with Crippen LogP contribution in [0.25, 0.3) is 0 Å². The highest BCUT2D eigenvalue weighted by molar-refractivity contribution is 5.99. The number of halogens is 4. The number of primary amides is 1. The Morgan fingerprint density at radius 1 is 1.14 bits per heavy atom. The molecule has 6 rings (SSSR count). The lowest BCUT2D eigenvalue weighted by atomic mass is 9.83. The van der Waals surface area contributed by atoms with Crippen LogP contribution in [0.15, 0.2) is 53.5 Å². The number of alkyl halides is 1. The Kier molecular flexibility index (Phi) is 7.70. The van der Waals surface area contributed by atoms with Crippen molar-refractivity contribution in [2.45, 2.75) is 63.1 Å². The number of nitrogens with two attached hydrogens (primary N) is 1. The lowest BCUT2D eigenvalue weighted by Crippen LogP contribution is -2.52. The van der Waals surface area contributed by atoms with Crippen LogP contribution in [0.5, 0.6) is 5.75 Å². The number of aromatic nitrogens is 1. The summed E-state index contributed by atoms with van der Waals surface area (Å²) in [6.45, 7) is 0.415. The first-order valence-electron chi connectivity index (χ1n) is 14.2. The number of ether oxygens (including phenoxy) is 1. The van der Waals surface area contributed by atoms with Gasteiger partial charge in [-0.25, -0.2) is 17.6 Å². The molecule has 3 aliphatic heterocycles. The first-order valence-corrected chi connectivity index (χ1v) is 14.2. The number of nitrogens with zero attached hydrogens (tertiary/aromatic N) is 3. The summed E-state index contributed by atoms with van der Waals surface area (Å²) in [6, 6.07) is 7.99. The van der Waals surface area contributed by atoms with E-state index >= 15 is 0 Å². The molecule has 4 atom stereocenters. The number of hydrogen-bond donors (Lipinski definition) is 1. The van der Waals surface area contributed by atoms with Crippen molar-refractivity contribution in [3.05, 3.63) is 98.7 Å². The molecule has 1 spiro atoms. The third-order valence-electron chi connectivity index (χ3n) is 8.86. The summed E-state index contributed by atoms with van der Waals surface area (Å²) >= 11 is 0. The molecule has 2 bridgehead atoms. The molecule has 2 amide bonds. The van der Waals surface area contributed by atoms with Crippen LogP contribution in [-0.4, -0.2) is 57.2 Å². The van der Waals surface area contributed by atoms with Gasteiger partial charge in [0.15, 0.2) is 11.4 Å². The molecule has 0 aliphatic carbocycles. The standard InChI is InChI=1S/C31H30F4N4O5/c1-17-7-8-31(11-20(12-32)39(44-31)14-21-23(34)9-19(33)10-24(21)35)25-15-37(17)30(42)26-28(43-16-18-5-3-2-4-6-18)27(40)22(29(36)41)13-38(25)26/h2-6,9-10,13,17,20,25H,7-8,11-12,14-16H2,1H3,(H2,36,41). The molecule has 4 unspecified atom stereocenters. The van der Waals surface area contributed by atoms with Crippen LogP contribution in [-0.2, 0) is 18.0 Å². The molecular weight excluding hydrogens is 584 g/mol. The van der Waals surface area contributed by atoms with Crippen molar-refractivity contribution in [3.63, 3.8) is 0 Å². The van der Waals surface area contributed by atoms with Crippen molar-refractivity contribution < 1.29 is 36.7 Å². The maximum absolute atomic E-state index is 14.6. The third kappa shape index (κ3) is 5.03. The van der Waals surface area contributed by atoms with Gasteiger partial charge in [0.2, 0.25) is 5.43 Å². The van der Waals surface area contributed by atoms with E-state index < -0.39 is 76.7 Å². The van der Waals surface area contributed by atoms with Crippen molar-refractivity contribution in [2.75, 3.05) is 13.2 Å². The van der Waals surface area contributed by atoms with Crippen molar-refractivity contribution in [1.29, 1.82) is 0 Å². The molecule has 2 N–H and O–H groups in total. The fourth-order valence-electron chi connectivity index (χ4n) is 6.53. The predicted octanol–water partition coefficient (Wildman–Crippen LogP) is 4.04. The Hall–Kier alpha value is -4.23. The molecule has 13 heteroatoms. The number of pyridine rings is 1. The molecule has 2 saturated heterocycles. The molecule has 232 valence electrons. The van der Waals surface area contributed by atoms with Gasteiger partial charge in [-0.2, -0.15) is 5.06 Å². The van der Waals surface area contributed by atoms with Gasteiger partial charge in [0.05, 0.1) is 18.6 Å². The monoisotopic (exact) mass is 614 g/mol. The van der Waals surface area contributed by atoms with Crippen LogP contribution in [0, 0.1) is 17.5 Å². The molecule has 0 radical (unpaired) electrons. The normalized spacial score (nSPS) is 24.8. The van der Waals surface area contributed by atoms with Gasteiger partial charge in [-0.3, -0.25) is 19.2 Å². The molecule has 3 aliphatic rings. The van der Waals surface area contributed by atoms with Crippen molar-refractivity contribution >= 4 is 11.8 Å². The van der Waals surface area contributed by atoms with E-state index in [0.29, 0.717) is 30.5 Å². The molecule has 4 heterocycles. The summed E-state index contributed by atoms with van der Waals surface area (Å²) in [5.41, 5.74) is 3.24. The zero-order chi connectivity index (χ0) is 31.3. The van der Waals surface area contributed by atoms with Crippen LogP contribution in [0.1, 0.15) is 64.2 Å². The van der Waals surface area contributed by atoms with Crippen LogP contribution in [0.3, 0.4) is 0 Å². The molecule has 3 aromatic rings. The molecule has 0 saturated carbocycles. The Morgan fingerprint density at radius 3 is 2.50 bits per heavy atom. The van der Waals surface area contributed by atoms with Gasteiger partial charge in [0.1, 0.15) is 41.9 Å². The van der Waals surface area contributed by atoms with E-state index in [9.17, 15) is 31.9 Å². The average molecular weight is 615 g/mol. The molecule has 2 aromatic carbocycles. The maximum Gasteiger partial charge on any atom is 0.274 e. The zero-order valence-corrected chi connectivity index (χ0v) is 23.8. The molecule has 44 heavy (non-hydrogen) atoms. The number of amides is 2. The topological polar surface area (TPSA) is 107 Å². The molecule has 2 fully saturated rings. The zero-order valence-electron chi connectivity index (χ0n) is 23.8. The Balaban J connectivity index is 1.45. The number of hydroxylamine groups is 2. The van der Waals surface area contributed by atoms with Gasteiger partial charge in [0, 0.05) is 42.9 Å². The number of fused-ring (bicyclic) bond motifs is 5. The summed E-state index contributed by atoms with van der Waals surface area (Å²) in [6.07, 6.45) is 2.01. The van der Waals surface area contributed by atoms with Crippen molar-refractivity contribution in [1.82, 2.24) is 14.5 Å². The largest absolute Gasteiger partial charge is 0.483 e. The van der Waals surface area contributed by atoms with Gasteiger partial charge >= 0.3 is 0 Å². The number of benzene rings is 2. The van der Waals surface area contributed by atoms with E-state index in [2.05, 4.69) is 0 Å². The lowest BCUT2D eigenvalue weighted by Gasteiger charge is -2.43. The summed E-state index contributed by atoms with van der Waals surface area (Å²) in [5.74, 6) is -5.23. The average Bonchev–Trinajstić information content (AvgIpc) is 3.30. The SMILES string of the molecule is CC1CCC2(CC(CF)N(Cc3c(F)cc(F)cc3F)O2)C2CN1C(=O)c1c(OCc3ccccc3)c(=O)c(C(N)=O)cn12. The Bertz CT molecular complexity index is 1660. The minimum absolute atomic E-state index is 0.0605.